The summed E-state index contributed by atoms with van der Waals surface area (Å²) in [6, 6.07) is 3.92. The summed E-state index contributed by atoms with van der Waals surface area (Å²) in [6.07, 6.45) is 0.0383. The lowest BCUT2D eigenvalue weighted by Gasteiger charge is -2.21. The van der Waals surface area contributed by atoms with Crippen molar-refractivity contribution >= 4 is 35.0 Å². The fraction of sp³-hybridized carbons (Fsp3) is 0.385. The molecular weight excluding hydrogens is 310 g/mol. The topological polar surface area (TPSA) is 111 Å². The minimum atomic E-state index is -0.545. The Labute approximate surface area is 130 Å². The van der Waals surface area contributed by atoms with Crippen molar-refractivity contribution < 1.29 is 19.2 Å². The lowest BCUT2D eigenvalue weighted by molar-refractivity contribution is -0.384. The van der Waals surface area contributed by atoms with Crippen molar-refractivity contribution in [3.63, 3.8) is 0 Å². The van der Waals surface area contributed by atoms with Gasteiger partial charge in [-0.1, -0.05) is 0 Å². The molecule has 22 heavy (non-hydrogen) atoms. The molecule has 2 N–H and O–H groups in total. The second-order valence-corrected chi connectivity index (χ2v) is 5.86. The maximum atomic E-state index is 12.0. The van der Waals surface area contributed by atoms with Crippen molar-refractivity contribution in [1.29, 1.82) is 0 Å². The highest BCUT2D eigenvalue weighted by molar-refractivity contribution is 8.00. The van der Waals surface area contributed by atoms with E-state index in [9.17, 15) is 19.7 Å². The van der Waals surface area contributed by atoms with Gasteiger partial charge in [0.1, 0.15) is 5.75 Å². The molecule has 9 heteroatoms. The van der Waals surface area contributed by atoms with Gasteiger partial charge >= 0.3 is 0 Å². The van der Waals surface area contributed by atoms with Crippen LogP contribution >= 0.6 is 11.8 Å². The van der Waals surface area contributed by atoms with Crippen molar-refractivity contribution in [1.82, 2.24) is 5.32 Å². The molecule has 118 valence electrons. The molecule has 1 aromatic rings. The Morgan fingerprint density at radius 1 is 1.59 bits per heavy atom. The lowest BCUT2D eigenvalue weighted by Crippen LogP contribution is -2.40. The number of ether oxygens (including phenoxy) is 1. The summed E-state index contributed by atoms with van der Waals surface area (Å²) in [6.45, 7) is 0.609. The number of anilines is 1. The SMILES string of the molecule is COc1cc([N+](=O)[O-])ccc1NC(=O)C[C@@H]1SCCNC1=O. The standard InChI is InChI=1S/C13H15N3O5S/c1-21-10-6-8(16(19)20)2-3-9(10)15-12(17)7-11-13(18)14-4-5-22-11/h2-3,6,11H,4-5,7H2,1H3,(H,14,18)(H,15,17)/t11-/m0/s1. The Morgan fingerprint density at radius 2 is 2.36 bits per heavy atom. The summed E-state index contributed by atoms with van der Waals surface area (Å²) in [5, 5.41) is 15.6. The third kappa shape index (κ3) is 3.88. The van der Waals surface area contributed by atoms with E-state index in [1.54, 1.807) is 0 Å². The second-order valence-electron chi connectivity index (χ2n) is 4.54. The van der Waals surface area contributed by atoms with Gasteiger partial charge in [0, 0.05) is 24.8 Å². The number of carbonyl (C=O) groups excluding carboxylic acids is 2. The summed E-state index contributed by atoms with van der Waals surface area (Å²) in [5.41, 5.74) is 0.205. The predicted octanol–water partition coefficient (Wildman–Crippen LogP) is 1.16. The van der Waals surface area contributed by atoms with Gasteiger partial charge in [-0.25, -0.2) is 0 Å². The number of rotatable bonds is 5. The van der Waals surface area contributed by atoms with E-state index in [4.69, 9.17) is 4.74 Å². The van der Waals surface area contributed by atoms with Gasteiger partial charge in [-0.05, 0) is 6.07 Å². The molecule has 1 atom stereocenters. The van der Waals surface area contributed by atoms with E-state index in [2.05, 4.69) is 10.6 Å². The number of non-ortho nitro benzene ring substituents is 1. The summed E-state index contributed by atoms with van der Waals surface area (Å²) >= 11 is 1.43. The normalized spacial score (nSPS) is 17.5. The van der Waals surface area contributed by atoms with Crippen LogP contribution in [0.3, 0.4) is 0 Å². The van der Waals surface area contributed by atoms with E-state index < -0.39 is 10.2 Å². The molecule has 2 amide bonds. The molecule has 0 spiro atoms. The van der Waals surface area contributed by atoms with Crippen LogP contribution < -0.4 is 15.4 Å². The summed E-state index contributed by atoms with van der Waals surface area (Å²) < 4.78 is 5.04. The largest absolute Gasteiger partial charge is 0.494 e. The van der Waals surface area contributed by atoms with Crippen molar-refractivity contribution in [3.05, 3.63) is 28.3 Å². The fourth-order valence-corrected chi connectivity index (χ4v) is 2.99. The minimum absolute atomic E-state index is 0.0383. The number of hydrogen-bond acceptors (Lipinski definition) is 6. The van der Waals surface area contributed by atoms with E-state index in [-0.39, 0.29) is 29.7 Å². The first kappa shape index (κ1) is 16.1. The molecule has 2 rings (SSSR count). The number of thioether (sulfide) groups is 1. The molecule has 0 unspecified atom stereocenters. The molecule has 0 aromatic heterocycles. The van der Waals surface area contributed by atoms with Crippen LogP contribution in [0, 0.1) is 10.1 Å². The fourth-order valence-electron chi connectivity index (χ4n) is 1.98. The number of nitrogens with one attached hydrogen (secondary N) is 2. The number of carbonyl (C=O) groups is 2. The molecule has 1 heterocycles. The van der Waals surface area contributed by atoms with Crippen molar-refractivity contribution in [2.45, 2.75) is 11.7 Å². The first-order chi connectivity index (χ1) is 10.5. The Bertz CT molecular complexity index is 607. The maximum Gasteiger partial charge on any atom is 0.273 e. The summed E-state index contributed by atoms with van der Waals surface area (Å²) in [4.78, 5) is 33.8. The van der Waals surface area contributed by atoms with E-state index in [0.717, 1.165) is 5.75 Å². The monoisotopic (exact) mass is 325 g/mol. The third-order valence-corrected chi connectivity index (χ3v) is 4.28. The van der Waals surface area contributed by atoms with Gasteiger partial charge < -0.3 is 15.4 Å². The maximum absolute atomic E-state index is 12.0. The molecule has 1 fully saturated rings. The number of hydrogen-bond donors (Lipinski definition) is 2. The Morgan fingerprint density at radius 3 is 3.00 bits per heavy atom. The highest BCUT2D eigenvalue weighted by Crippen LogP contribution is 2.29. The molecule has 0 radical (unpaired) electrons. The predicted molar refractivity (Wildman–Crippen MR) is 82.2 cm³/mol. The number of methoxy groups -OCH3 is 1. The van der Waals surface area contributed by atoms with Gasteiger partial charge in [0.2, 0.25) is 11.8 Å². The van der Waals surface area contributed by atoms with Gasteiger partial charge in [-0.15, -0.1) is 11.8 Å². The van der Waals surface area contributed by atoms with Gasteiger partial charge in [0.05, 0.1) is 29.0 Å². The van der Waals surface area contributed by atoms with E-state index in [0.29, 0.717) is 12.2 Å². The van der Waals surface area contributed by atoms with Gasteiger partial charge in [0.25, 0.3) is 5.69 Å². The average Bonchev–Trinajstić information content (AvgIpc) is 2.49. The minimum Gasteiger partial charge on any atom is -0.494 e. The van der Waals surface area contributed by atoms with Crippen LogP contribution in [0.2, 0.25) is 0 Å². The Hall–Kier alpha value is -2.29. The molecule has 0 saturated carbocycles. The van der Waals surface area contributed by atoms with Gasteiger partial charge in [-0.3, -0.25) is 19.7 Å². The van der Waals surface area contributed by atoms with Crippen LogP contribution in [0.1, 0.15) is 6.42 Å². The zero-order chi connectivity index (χ0) is 16.1. The van der Waals surface area contributed by atoms with Crippen LogP contribution in [0.4, 0.5) is 11.4 Å². The number of amides is 2. The Kier molecular flexibility index (Phi) is 5.21. The summed E-state index contributed by atoms with van der Waals surface area (Å²) in [5.74, 6) is 0.469. The zero-order valence-corrected chi connectivity index (χ0v) is 12.6. The lowest BCUT2D eigenvalue weighted by atomic mass is 10.2. The first-order valence-corrected chi connectivity index (χ1v) is 7.57. The van der Waals surface area contributed by atoms with Crippen molar-refractivity contribution in [2.75, 3.05) is 24.7 Å². The molecule has 1 aliphatic heterocycles. The Balaban J connectivity index is 2.04. The number of benzene rings is 1. The highest BCUT2D eigenvalue weighted by atomic mass is 32.2. The molecular formula is C13H15N3O5S. The first-order valence-electron chi connectivity index (χ1n) is 6.53. The second kappa shape index (κ2) is 7.12. The van der Waals surface area contributed by atoms with Crippen LogP contribution in [0.5, 0.6) is 5.75 Å². The molecule has 0 aliphatic carbocycles. The smallest absolute Gasteiger partial charge is 0.273 e. The van der Waals surface area contributed by atoms with Crippen molar-refractivity contribution in [2.24, 2.45) is 0 Å². The van der Waals surface area contributed by atoms with Gasteiger partial charge in [-0.2, -0.15) is 0 Å². The van der Waals surface area contributed by atoms with Crippen molar-refractivity contribution in [3.8, 4) is 5.75 Å². The van der Waals surface area contributed by atoms with Crippen LogP contribution in [0.25, 0.3) is 0 Å². The number of nitrogens with zero attached hydrogens (tertiary/aromatic N) is 1. The average molecular weight is 325 g/mol. The highest BCUT2D eigenvalue weighted by Gasteiger charge is 2.25. The molecule has 1 aromatic carbocycles. The molecule has 1 aliphatic rings. The zero-order valence-electron chi connectivity index (χ0n) is 11.8. The number of nitro groups is 1. The van der Waals surface area contributed by atoms with E-state index in [1.807, 2.05) is 0 Å². The van der Waals surface area contributed by atoms with Gasteiger partial charge in [0.15, 0.2) is 0 Å². The number of nitro benzene ring substituents is 1. The third-order valence-electron chi connectivity index (χ3n) is 3.05. The van der Waals surface area contributed by atoms with Crippen LogP contribution in [0.15, 0.2) is 18.2 Å². The molecule has 0 bridgehead atoms. The summed E-state index contributed by atoms with van der Waals surface area (Å²) in [7, 11) is 1.36. The van der Waals surface area contributed by atoms with Crippen LogP contribution in [-0.4, -0.2) is 41.4 Å². The molecule has 1 saturated heterocycles. The quantitative estimate of drug-likeness (QED) is 0.621. The van der Waals surface area contributed by atoms with Crippen LogP contribution in [-0.2, 0) is 9.59 Å². The molecule has 8 nitrogen and oxygen atoms in total. The van der Waals surface area contributed by atoms with E-state index >= 15 is 0 Å². The van der Waals surface area contributed by atoms with E-state index in [1.165, 1.54) is 37.1 Å².